The van der Waals surface area contributed by atoms with Crippen molar-refractivity contribution in [2.24, 2.45) is 5.92 Å². The highest BCUT2D eigenvalue weighted by molar-refractivity contribution is 5.97. The third kappa shape index (κ3) is 2.58. The van der Waals surface area contributed by atoms with Gasteiger partial charge in [-0.05, 0) is 50.8 Å². The van der Waals surface area contributed by atoms with Gasteiger partial charge in [-0.15, -0.1) is 0 Å². The van der Waals surface area contributed by atoms with E-state index in [0.717, 1.165) is 47.4 Å². The molecule has 1 fully saturated rings. The van der Waals surface area contributed by atoms with Crippen LogP contribution in [-0.4, -0.2) is 33.4 Å². The number of likely N-dealkylation sites (tertiary alicyclic amines) is 1. The minimum absolute atomic E-state index is 0.123. The molecule has 2 heterocycles. The maximum Gasteiger partial charge on any atom is 0.254 e. The number of carbonyl (C=O) groups is 1. The Morgan fingerprint density at radius 2 is 1.86 bits per heavy atom. The molecule has 4 nitrogen and oxygen atoms in total. The molecule has 1 atom stereocenters. The fourth-order valence-electron chi connectivity index (χ4n) is 3.27. The van der Waals surface area contributed by atoms with Crippen molar-refractivity contribution in [1.82, 2.24) is 14.9 Å². The van der Waals surface area contributed by atoms with Gasteiger partial charge in [0.25, 0.3) is 5.91 Å². The summed E-state index contributed by atoms with van der Waals surface area (Å²) in [6, 6.07) is 6.02. The summed E-state index contributed by atoms with van der Waals surface area (Å²) in [7, 11) is 0. The molecular weight excluding hydrogens is 274 g/mol. The quantitative estimate of drug-likeness (QED) is 0.852. The van der Waals surface area contributed by atoms with Crippen LogP contribution in [0.15, 0.2) is 18.2 Å². The average Bonchev–Trinajstić information content (AvgIpc) is 2.97. The number of hydrogen-bond acceptors (Lipinski definition) is 3. The highest BCUT2D eigenvalue weighted by Gasteiger charge is 2.31. The zero-order chi connectivity index (χ0) is 15.9. The van der Waals surface area contributed by atoms with Gasteiger partial charge in [0, 0.05) is 18.2 Å². The van der Waals surface area contributed by atoms with Gasteiger partial charge in [0.15, 0.2) is 0 Å². The molecular formula is C18H23N3O. The summed E-state index contributed by atoms with van der Waals surface area (Å²) in [6.45, 7) is 9.14. The number of nitrogens with zero attached hydrogens (tertiary/aromatic N) is 3. The first-order chi connectivity index (χ1) is 10.5. The predicted molar refractivity (Wildman–Crippen MR) is 87.9 cm³/mol. The van der Waals surface area contributed by atoms with E-state index >= 15 is 0 Å². The van der Waals surface area contributed by atoms with Crippen molar-refractivity contribution in [3.63, 3.8) is 0 Å². The van der Waals surface area contributed by atoms with Crippen molar-refractivity contribution in [2.75, 3.05) is 6.54 Å². The predicted octanol–water partition coefficient (Wildman–Crippen LogP) is 3.51. The van der Waals surface area contributed by atoms with Gasteiger partial charge in [-0.25, -0.2) is 9.97 Å². The Morgan fingerprint density at radius 1 is 1.18 bits per heavy atom. The first-order valence-corrected chi connectivity index (χ1v) is 8.03. The van der Waals surface area contributed by atoms with E-state index in [1.165, 1.54) is 0 Å². The van der Waals surface area contributed by atoms with Gasteiger partial charge in [0.05, 0.1) is 22.4 Å². The van der Waals surface area contributed by atoms with Gasteiger partial charge in [-0.3, -0.25) is 4.79 Å². The molecule has 0 bridgehead atoms. The molecule has 1 aromatic heterocycles. The summed E-state index contributed by atoms with van der Waals surface area (Å²) in [5.74, 6) is 0.620. The summed E-state index contributed by atoms with van der Waals surface area (Å²) in [5, 5.41) is 0. The van der Waals surface area contributed by atoms with Crippen molar-refractivity contribution >= 4 is 16.9 Å². The van der Waals surface area contributed by atoms with Crippen molar-refractivity contribution in [1.29, 1.82) is 0 Å². The summed E-state index contributed by atoms with van der Waals surface area (Å²) < 4.78 is 0. The largest absolute Gasteiger partial charge is 0.335 e. The minimum Gasteiger partial charge on any atom is -0.335 e. The number of carbonyl (C=O) groups excluding carboxylic acids is 1. The molecule has 2 aromatic rings. The Hall–Kier alpha value is -1.97. The first-order valence-electron chi connectivity index (χ1n) is 8.03. The zero-order valence-electron chi connectivity index (χ0n) is 13.8. The molecule has 0 radical (unpaired) electrons. The maximum atomic E-state index is 12.8. The second-order valence-corrected chi connectivity index (χ2v) is 6.55. The molecule has 116 valence electrons. The Bertz CT molecular complexity index is 724. The Labute approximate surface area is 131 Å². The van der Waals surface area contributed by atoms with Crippen LogP contribution in [0.1, 0.15) is 48.4 Å². The Balaban J connectivity index is 1.96. The van der Waals surface area contributed by atoms with E-state index in [0.29, 0.717) is 12.0 Å². The van der Waals surface area contributed by atoms with Crippen molar-refractivity contribution in [3.05, 3.63) is 35.2 Å². The molecule has 22 heavy (non-hydrogen) atoms. The van der Waals surface area contributed by atoms with Crippen LogP contribution in [-0.2, 0) is 0 Å². The fraction of sp³-hybridized carbons (Fsp3) is 0.500. The minimum atomic E-state index is 0.123. The normalized spacial score (nSPS) is 18.4. The number of rotatable bonds is 2. The number of fused-ring (bicyclic) bond motifs is 1. The van der Waals surface area contributed by atoms with Crippen molar-refractivity contribution < 1.29 is 4.79 Å². The highest BCUT2D eigenvalue weighted by atomic mass is 16.2. The average molecular weight is 297 g/mol. The summed E-state index contributed by atoms with van der Waals surface area (Å²) in [5.41, 5.74) is 4.22. The van der Waals surface area contributed by atoms with E-state index in [4.69, 9.17) is 0 Å². The van der Waals surface area contributed by atoms with Crippen LogP contribution in [0.25, 0.3) is 11.0 Å². The summed E-state index contributed by atoms with van der Waals surface area (Å²) in [6.07, 6.45) is 2.20. The van der Waals surface area contributed by atoms with E-state index in [-0.39, 0.29) is 5.91 Å². The Morgan fingerprint density at radius 3 is 2.55 bits per heavy atom. The van der Waals surface area contributed by atoms with Gasteiger partial charge in [0.2, 0.25) is 0 Å². The van der Waals surface area contributed by atoms with E-state index in [1.807, 2.05) is 36.9 Å². The lowest BCUT2D eigenvalue weighted by Gasteiger charge is -2.27. The van der Waals surface area contributed by atoms with Crippen LogP contribution in [0, 0.1) is 19.8 Å². The second-order valence-electron chi connectivity index (χ2n) is 6.55. The third-order valence-electron chi connectivity index (χ3n) is 4.65. The number of aromatic nitrogens is 2. The zero-order valence-corrected chi connectivity index (χ0v) is 13.8. The van der Waals surface area contributed by atoms with Gasteiger partial charge in [0.1, 0.15) is 0 Å². The number of amides is 1. The molecule has 3 rings (SSSR count). The lowest BCUT2D eigenvalue weighted by atomic mass is 10.0. The third-order valence-corrected chi connectivity index (χ3v) is 4.65. The fourth-order valence-corrected chi connectivity index (χ4v) is 3.27. The number of benzene rings is 1. The molecule has 0 N–H and O–H groups in total. The van der Waals surface area contributed by atoms with Crippen LogP contribution in [0.5, 0.6) is 0 Å². The number of aryl methyl sites for hydroxylation is 2. The van der Waals surface area contributed by atoms with Crippen molar-refractivity contribution in [2.45, 2.75) is 46.6 Å². The van der Waals surface area contributed by atoms with Gasteiger partial charge in [-0.1, -0.05) is 13.8 Å². The van der Waals surface area contributed by atoms with Gasteiger partial charge < -0.3 is 4.90 Å². The molecule has 1 aliphatic rings. The van der Waals surface area contributed by atoms with Crippen LogP contribution in [0.2, 0.25) is 0 Å². The Kier molecular flexibility index (Phi) is 3.85. The number of hydrogen-bond donors (Lipinski definition) is 0. The van der Waals surface area contributed by atoms with Crippen LogP contribution in [0.4, 0.5) is 0 Å². The smallest absolute Gasteiger partial charge is 0.254 e. The summed E-state index contributed by atoms with van der Waals surface area (Å²) >= 11 is 0. The molecule has 1 amide bonds. The lowest BCUT2D eigenvalue weighted by molar-refractivity contribution is 0.0701. The van der Waals surface area contributed by atoms with Crippen LogP contribution < -0.4 is 0 Å². The SMILES string of the molecule is Cc1nc2ccc(C(=O)N3CCCC3C(C)C)cc2nc1C. The van der Waals surface area contributed by atoms with Gasteiger partial charge in [-0.2, -0.15) is 0 Å². The van der Waals surface area contributed by atoms with E-state index in [9.17, 15) is 4.79 Å². The molecule has 1 aliphatic heterocycles. The second kappa shape index (κ2) is 5.67. The molecule has 4 heteroatoms. The van der Waals surface area contributed by atoms with Gasteiger partial charge >= 0.3 is 0 Å². The van der Waals surface area contributed by atoms with Crippen LogP contribution >= 0.6 is 0 Å². The first kappa shape index (κ1) is 14.9. The lowest BCUT2D eigenvalue weighted by Crippen LogP contribution is -2.38. The standard InChI is InChI=1S/C18H23N3O/c1-11(2)17-6-5-9-21(17)18(22)14-7-8-15-16(10-14)20-13(4)12(3)19-15/h7-8,10-11,17H,5-6,9H2,1-4H3. The molecule has 0 spiro atoms. The van der Waals surface area contributed by atoms with E-state index in [2.05, 4.69) is 23.8 Å². The topological polar surface area (TPSA) is 46.1 Å². The highest BCUT2D eigenvalue weighted by Crippen LogP contribution is 2.26. The van der Waals surface area contributed by atoms with E-state index in [1.54, 1.807) is 0 Å². The van der Waals surface area contributed by atoms with Crippen molar-refractivity contribution in [3.8, 4) is 0 Å². The van der Waals surface area contributed by atoms with Crippen LogP contribution in [0.3, 0.4) is 0 Å². The molecule has 0 saturated carbocycles. The molecule has 1 aromatic carbocycles. The maximum absolute atomic E-state index is 12.8. The molecule has 1 unspecified atom stereocenters. The molecule has 1 saturated heterocycles. The summed E-state index contributed by atoms with van der Waals surface area (Å²) in [4.78, 5) is 24.0. The molecule has 0 aliphatic carbocycles. The monoisotopic (exact) mass is 297 g/mol. The van der Waals surface area contributed by atoms with E-state index < -0.39 is 0 Å².